The van der Waals surface area contributed by atoms with Gasteiger partial charge in [0.15, 0.2) is 0 Å². The van der Waals surface area contributed by atoms with E-state index in [-0.39, 0.29) is 0 Å². The maximum absolute atomic E-state index is 11.3. The van der Waals surface area contributed by atoms with Crippen LogP contribution in [0.25, 0.3) is 22.0 Å². The van der Waals surface area contributed by atoms with E-state index in [4.69, 9.17) is 4.74 Å². The second kappa shape index (κ2) is 8.46. The summed E-state index contributed by atoms with van der Waals surface area (Å²) in [5.74, 6) is -0.436. The van der Waals surface area contributed by atoms with Crippen molar-refractivity contribution >= 4 is 16.9 Å². The Labute approximate surface area is 176 Å². The molecule has 0 aliphatic carbocycles. The number of aliphatic carboxylic acids is 1. The third kappa shape index (κ3) is 4.23. The van der Waals surface area contributed by atoms with Crippen LogP contribution >= 0.6 is 0 Å². The number of fused-ring (bicyclic) bond motifs is 1. The Morgan fingerprint density at radius 2 is 1.90 bits per heavy atom. The van der Waals surface area contributed by atoms with Crippen LogP contribution < -0.4 is 4.74 Å². The van der Waals surface area contributed by atoms with E-state index in [1.54, 1.807) is 6.92 Å². The van der Waals surface area contributed by atoms with Crippen LogP contribution in [0.2, 0.25) is 0 Å². The molecule has 4 aromatic rings. The summed E-state index contributed by atoms with van der Waals surface area (Å²) < 4.78 is 6.24. The molecule has 0 aliphatic rings. The monoisotopic (exact) mass is 399 g/mol. The Kier molecular flexibility index (Phi) is 5.57. The fraction of sp³-hybridized carbons (Fsp3) is 0.192. The van der Waals surface area contributed by atoms with Gasteiger partial charge in [0, 0.05) is 17.3 Å². The Balaban J connectivity index is 1.70. The maximum atomic E-state index is 11.3. The normalized spacial score (nSPS) is 12.1. The minimum absolute atomic E-state index is 0.441. The van der Waals surface area contributed by atoms with Crippen molar-refractivity contribution in [3.05, 3.63) is 89.6 Å². The van der Waals surface area contributed by atoms with E-state index in [1.807, 2.05) is 36.5 Å². The van der Waals surface area contributed by atoms with Crippen LogP contribution in [0.15, 0.2) is 72.9 Å². The van der Waals surface area contributed by atoms with Gasteiger partial charge < -0.3 is 14.8 Å². The summed E-state index contributed by atoms with van der Waals surface area (Å²) in [7, 11) is 0. The number of hydrogen-bond acceptors (Lipinski definition) is 2. The third-order valence-corrected chi connectivity index (χ3v) is 5.52. The standard InChI is InChI=1S/C26H25NO3/c1-17-5-3-4-6-22(17)16-30-25-10-7-19(13-18(2)26(28)29)14-23(25)20-8-9-24-21(15-20)11-12-27-24/h3-12,14-15,18,27H,13,16H2,1-2H3,(H,28,29). The molecule has 4 heteroatoms. The van der Waals surface area contributed by atoms with Gasteiger partial charge in [-0.3, -0.25) is 4.79 Å². The number of carboxylic acid groups (broad SMARTS) is 1. The van der Waals surface area contributed by atoms with Gasteiger partial charge in [0.25, 0.3) is 0 Å². The van der Waals surface area contributed by atoms with Gasteiger partial charge in [-0.2, -0.15) is 0 Å². The molecule has 0 aliphatic heterocycles. The van der Waals surface area contributed by atoms with E-state index < -0.39 is 11.9 Å². The molecule has 1 atom stereocenters. The van der Waals surface area contributed by atoms with Gasteiger partial charge in [0.2, 0.25) is 0 Å². The number of rotatable bonds is 7. The van der Waals surface area contributed by atoms with Crippen molar-refractivity contribution in [1.82, 2.24) is 4.98 Å². The lowest BCUT2D eigenvalue weighted by Gasteiger charge is -2.16. The first kappa shape index (κ1) is 19.8. The van der Waals surface area contributed by atoms with Crippen molar-refractivity contribution in [1.29, 1.82) is 0 Å². The highest BCUT2D eigenvalue weighted by molar-refractivity contribution is 5.86. The lowest BCUT2D eigenvalue weighted by molar-refractivity contribution is -0.141. The van der Waals surface area contributed by atoms with Crippen molar-refractivity contribution in [3.63, 3.8) is 0 Å². The summed E-state index contributed by atoms with van der Waals surface area (Å²) >= 11 is 0. The molecule has 0 saturated heterocycles. The molecule has 0 amide bonds. The van der Waals surface area contributed by atoms with Gasteiger partial charge in [0.05, 0.1) is 5.92 Å². The zero-order chi connectivity index (χ0) is 21.1. The number of aromatic nitrogens is 1. The fourth-order valence-electron chi connectivity index (χ4n) is 3.64. The Morgan fingerprint density at radius 1 is 1.07 bits per heavy atom. The Bertz CT molecular complexity index is 1190. The Morgan fingerprint density at radius 3 is 2.70 bits per heavy atom. The number of hydrogen-bond donors (Lipinski definition) is 2. The number of carbonyl (C=O) groups is 1. The number of nitrogens with one attached hydrogen (secondary N) is 1. The number of aryl methyl sites for hydroxylation is 1. The molecule has 0 spiro atoms. The number of benzene rings is 3. The second-order valence-electron chi connectivity index (χ2n) is 7.77. The van der Waals surface area contributed by atoms with Crippen molar-refractivity contribution in [3.8, 4) is 16.9 Å². The first-order valence-corrected chi connectivity index (χ1v) is 10.1. The minimum atomic E-state index is -0.787. The van der Waals surface area contributed by atoms with E-state index in [2.05, 4.69) is 48.3 Å². The van der Waals surface area contributed by atoms with Gasteiger partial charge in [-0.15, -0.1) is 0 Å². The minimum Gasteiger partial charge on any atom is -0.488 e. The molecule has 4 nitrogen and oxygen atoms in total. The van der Waals surface area contributed by atoms with Gasteiger partial charge in [0.1, 0.15) is 12.4 Å². The molecule has 1 aromatic heterocycles. The zero-order valence-corrected chi connectivity index (χ0v) is 17.2. The summed E-state index contributed by atoms with van der Waals surface area (Å²) in [6, 6.07) is 22.5. The van der Waals surface area contributed by atoms with Crippen LogP contribution in [0, 0.1) is 12.8 Å². The average molecular weight is 399 g/mol. The van der Waals surface area contributed by atoms with Crippen LogP contribution in [-0.4, -0.2) is 16.1 Å². The van der Waals surface area contributed by atoms with E-state index in [0.29, 0.717) is 13.0 Å². The van der Waals surface area contributed by atoms with E-state index in [9.17, 15) is 9.90 Å². The van der Waals surface area contributed by atoms with Gasteiger partial charge >= 0.3 is 5.97 Å². The SMILES string of the molecule is Cc1ccccc1COc1ccc(CC(C)C(=O)O)cc1-c1ccc2[nH]ccc2c1. The number of aromatic amines is 1. The Hall–Kier alpha value is -3.53. The van der Waals surface area contributed by atoms with E-state index in [0.717, 1.165) is 38.9 Å². The first-order chi connectivity index (χ1) is 14.5. The summed E-state index contributed by atoms with van der Waals surface area (Å²) in [6.07, 6.45) is 2.40. The van der Waals surface area contributed by atoms with Crippen LogP contribution in [0.5, 0.6) is 5.75 Å². The highest BCUT2D eigenvalue weighted by atomic mass is 16.5. The van der Waals surface area contributed by atoms with Crippen molar-refractivity contribution < 1.29 is 14.6 Å². The molecule has 0 radical (unpaired) electrons. The van der Waals surface area contributed by atoms with Crippen molar-refractivity contribution in [2.24, 2.45) is 5.92 Å². The fourth-order valence-corrected chi connectivity index (χ4v) is 3.64. The zero-order valence-electron chi connectivity index (χ0n) is 17.2. The van der Waals surface area contributed by atoms with Crippen molar-refractivity contribution in [2.75, 3.05) is 0 Å². The van der Waals surface area contributed by atoms with Gasteiger partial charge in [-0.25, -0.2) is 0 Å². The molecule has 30 heavy (non-hydrogen) atoms. The molecular weight excluding hydrogens is 374 g/mol. The maximum Gasteiger partial charge on any atom is 0.306 e. The summed E-state index contributed by atoms with van der Waals surface area (Å²) in [5, 5.41) is 10.4. The molecule has 152 valence electrons. The van der Waals surface area contributed by atoms with Crippen LogP contribution in [0.1, 0.15) is 23.6 Å². The predicted octanol–water partition coefficient (Wildman–Crippen LogP) is 5.99. The second-order valence-corrected chi connectivity index (χ2v) is 7.77. The smallest absolute Gasteiger partial charge is 0.306 e. The van der Waals surface area contributed by atoms with E-state index >= 15 is 0 Å². The number of ether oxygens (including phenoxy) is 1. The molecule has 4 rings (SSSR count). The molecule has 0 saturated carbocycles. The highest BCUT2D eigenvalue weighted by Crippen LogP contribution is 2.34. The molecule has 3 aromatic carbocycles. The third-order valence-electron chi connectivity index (χ3n) is 5.52. The van der Waals surface area contributed by atoms with Gasteiger partial charge in [-0.05, 0) is 71.3 Å². The first-order valence-electron chi connectivity index (χ1n) is 10.1. The molecule has 1 unspecified atom stereocenters. The molecule has 0 fully saturated rings. The quantitative estimate of drug-likeness (QED) is 0.401. The largest absolute Gasteiger partial charge is 0.488 e. The predicted molar refractivity (Wildman–Crippen MR) is 120 cm³/mol. The van der Waals surface area contributed by atoms with Crippen LogP contribution in [0.3, 0.4) is 0 Å². The number of H-pyrrole nitrogens is 1. The summed E-state index contributed by atoms with van der Waals surface area (Å²) in [5.41, 5.74) is 6.43. The lowest BCUT2D eigenvalue weighted by atomic mass is 9.96. The van der Waals surface area contributed by atoms with Crippen molar-refractivity contribution in [2.45, 2.75) is 26.9 Å². The average Bonchev–Trinajstić information content (AvgIpc) is 3.21. The van der Waals surface area contributed by atoms with Crippen LogP contribution in [-0.2, 0) is 17.8 Å². The summed E-state index contributed by atoms with van der Waals surface area (Å²) in [6.45, 7) is 4.29. The number of carboxylic acids is 1. The van der Waals surface area contributed by atoms with Gasteiger partial charge in [-0.1, -0.05) is 43.3 Å². The topological polar surface area (TPSA) is 62.3 Å². The lowest BCUT2D eigenvalue weighted by Crippen LogP contribution is -2.12. The molecule has 1 heterocycles. The molecule has 2 N–H and O–H groups in total. The highest BCUT2D eigenvalue weighted by Gasteiger charge is 2.15. The van der Waals surface area contributed by atoms with Crippen LogP contribution in [0.4, 0.5) is 0 Å². The van der Waals surface area contributed by atoms with E-state index in [1.165, 1.54) is 5.56 Å². The summed E-state index contributed by atoms with van der Waals surface area (Å²) in [4.78, 5) is 14.5. The molecule has 0 bridgehead atoms. The molecular formula is C26H25NO3.